The second kappa shape index (κ2) is 10.1. The normalized spacial score (nSPS) is 16.3. The fourth-order valence-corrected chi connectivity index (χ4v) is 4.01. The standard InChI is InChI=1S/C24H28N2O5/c1-2-25(15-20(22(27)28)13-12-17-8-4-3-5-9-17)24(31)26-16-19-11-7-6-10-18(19)14-21(26)23(29)30/h3-11,20-21H,2,12-16H2,1H3,(H,27,28)(H,29,30)/t20-,21-/m0/s1. The van der Waals surface area contributed by atoms with Crippen molar-refractivity contribution < 1.29 is 24.6 Å². The molecule has 0 saturated heterocycles. The van der Waals surface area contributed by atoms with E-state index in [2.05, 4.69) is 0 Å². The Balaban J connectivity index is 1.74. The Morgan fingerprint density at radius 1 is 1.03 bits per heavy atom. The quantitative estimate of drug-likeness (QED) is 0.678. The van der Waals surface area contributed by atoms with Crippen LogP contribution in [0.3, 0.4) is 0 Å². The molecule has 2 atom stereocenters. The molecule has 3 rings (SSSR count). The summed E-state index contributed by atoms with van der Waals surface area (Å²) in [6, 6.07) is 15.7. The SMILES string of the molecule is CCN(C[C@H](CCc1ccccc1)C(=O)O)C(=O)N1Cc2ccccc2C[C@H]1C(=O)O. The predicted octanol–water partition coefficient (Wildman–Crippen LogP) is 3.27. The van der Waals surface area contributed by atoms with Gasteiger partial charge >= 0.3 is 18.0 Å². The summed E-state index contributed by atoms with van der Waals surface area (Å²) in [6.07, 6.45) is 1.23. The highest BCUT2D eigenvalue weighted by Crippen LogP contribution is 2.25. The zero-order valence-electron chi connectivity index (χ0n) is 17.6. The third-order valence-electron chi connectivity index (χ3n) is 5.85. The van der Waals surface area contributed by atoms with E-state index in [1.165, 1.54) is 9.80 Å². The average Bonchev–Trinajstić information content (AvgIpc) is 2.78. The molecule has 0 fully saturated rings. The van der Waals surface area contributed by atoms with Gasteiger partial charge in [-0.2, -0.15) is 0 Å². The van der Waals surface area contributed by atoms with E-state index < -0.39 is 29.9 Å². The molecule has 1 aliphatic heterocycles. The number of urea groups is 1. The van der Waals surface area contributed by atoms with Gasteiger partial charge in [0.2, 0.25) is 0 Å². The van der Waals surface area contributed by atoms with Crippen LogP contribution in [-0.2, 0) is 29.0 Å². The molecule has 2 amide bonds. The number of hydrogen-bond donors (Lipinski definition) is 2. The third kappa shape index (κ3) is 5.42. The van der Waals surface area contributed by atoms with Gasteiger partial charge in [-0.1, -0.05) is 54.6 Å². The molecule has 0 aromatic heterocycles. The van der Waals surface area contributed by atoms with Crippen molar-refractivity contribution in [2.75, 3.05) is 13.1 Å². The van der Waals surface area contributed by atoms with Crippen LogP contribution in [0.2, 0.25) is 0 Å². The topological polar surface area (TPSA) is 98.2 Å². The predicted molar refractivity (Wildman–Crippen MR) is 116 cm³/mol. The van der Waals surface area contributed by atoms with Gasteiger partial charge in [-0.3, -0.25) is 4.79 Å². The van der Waals surface area contributed by atoms with Gasteiger partial charge in [-0.05, 0) is 36.5 Å². The molecule has 1 heterocycles. The lowest BCUT2D eigenvalue weighted by Gasteiger charge is -2.38. The van der Waals surface area contributed by atoms with Crippen LogP contribution in [0.4, 0.5) is 4.79 Å². The van der Waals surface area contributed by atoms with Crippen LogP contribution in [0, 0.1) is 5.92 Å². The van der Waals surface area contributed by atoms with Gasteiger partial charge < -0.3 is 20.0 Å². The molecule has 0 radical (unpaired) electrons. The molecule has 164 valence electrons. The lowest BCUT2D eigenvalue weighted by atomic mass is 9.94. The molecule has 0 saturated carbocycles. The van der Waals surface area contributed by atoms with Gasteiger partial charge in [0.15, 0.2) is 0 Å². The minimum Gasteiger partial charge on any atom is -0.481 e. The van der Waals surface area contributed by atoms with Crippen molar-refractivity contribution in [3.8, 4) is 0 Å². The second-order valence-corrected chi connectivity index (χ2v) is 7.84. The number of amides is 2. The van der Waals surface area contributed by atoms with Crippen molar-refractivity contribution in [1.82, 2.24) is 9.80 Å². The van der Waals surface area contributed by atoms with E-state index in [4.69, 9.17) is 0 Å². The van der Waals surface area contributed by atoms with Crippen molar-refractivity contribution in [2.24, 2.45) is 5.92 Å². The van der Waals surface area contributed by atoms with E-state index in [0.717, 1.165) is 16.7 Å². The molecule has 31 heavy (non-hydrogen) atoms. The smallest absolute Gasteiger partial charge is 0.326 e. The number of hydrogen-bond acceptors (Lipinski definition) is 3. The number of carbonyl (C=O) groups is 3. The largest absolute Gasteiger partial charge is 0.481 e. The third-order valence-corrected chi connectivity index (χ3v) is 5.85. The molecular weight excluding hydrogens is 396 g/mol. The molecule has 0 unspecified atom stereocenters. The van der Waals surface area contributed by atoms with Crippen molar-refractivity contribution in [2.45, 2.75) is 38.8 Å². The van der Waals surface area contributed by atoms with Crippen LogP contribution in [0.1, 0.15) is 30.0 Å². The molecule has 0 spiro atoms. The summed E-state index contributed by atoms with van der Waals surface area (Å²) in [5.41, 5.74) is 2.89. The van der Waals surface area contributed by atoms with Gasteiger partial charge in [-0.15, -0.1) is 0 Å². The maximum absolute atomic E-state index is 13.3. The maximum atomic E-state index is 13.3. The number of aryl methyl sites for hydroxylation is 1. The molecule has 2 N–H and O–H groups in total. The number of carbonyl (C=O) groups excluding carboxylic acids is 1. The van der Waals surface area contributed by atoms with Crippen molar-refractivity contribution in [3.63, 3.8) is 0 Å². The second-order valence-electron chi connectivity index (χ2n) is 7.84. The maximum Gasteiger partial charge on any atom is 0.326 e. The zero-order valence-corrected chi connectivity index (χ0v) is 17.6. The van der Waals surface area contributed by atoms with Crippen molar-refractivity contribution in [1.29, 1.82) is 0 Å². The minimum absolute atomic E-state index is 0.0436. The fraction of sp³-hybridized carbons (Fsp3) is 0.375. The molecule has 7 heteroatoms. The number of carboxylic acids is 2. The first kappa shape index (κ1) is 22.3. The number of carboxylic acid groups (broad SMARTS) is 2. The summed E-state index contributed by atoms with van der Waals surface area (Å²) in [6.45, 7) is 2.33. The number of fused-ring (bicyclic) bond motifs is 1. The summed E-state index contributed by atoms with van der Waals surface area (Å²) in [7, 11) is 0. The van der Waals surface area contributed by atoms with E-state index in [1.54, 1.807) is 6.92 Å². The summed E-state index contributed by atoms with van der Waals surface area (Å²) < 4.78 is 0. The first-order valence-corrected chi connectivity index (χ1v) is 10.5. The Morgan fingerprint density at radius 3 is 2.29 bits per heavy atom. The van der Waals surface area contributed by atoms with E-state index in [-0.39, 0.29) is 19.5 Å². The monoisotopic (exact) mass is 424 g/mol. The van der Waals surface area contributed by atoms with Gasteiger partial charge in [0.25, 0.3) is 0 Å². The number of rotatable bonds is 8. The number of benzene rings is 2. The Hall–Kier alpha value is -3.35. The van der Waals surface area contributed by atoms with Gasteiger partial charge in [0.1, 0.15) is 6.04 Å². The molecule has 2 aromatic rings. The number of aliphatic carboxylic acids is 2. The molecule has 0 bridgehead atoms. The van der Waals surface area contributed by atoms with Crippen LogP contribution in [0.25, 0.3) is 0 Å². The first-order valence-electron chi connectivity index (χ1n) is 10.5. The highest BCUT2D eigenvalue weighted by Gasteiger charge is 2.37. The molecule has 1 aliphatic rings. The van der Waals surface area contributed by atoms with Gasteiger partial charge in [-0.25, -0.2) is 9.59 Å². The van der Waals surface area contributed by atoms with Crippen LogP contribution in [0.5, 0.6) is 0 Å². The molecule has 0 aliphatic carbocycles. The summed E-state index contributed by atoms with van der Waals surface area (Å²) in [4.78, 5) is 39.8. The minimum atomic E-state index is -1.06. The lowest BCUT2D eigenvalue weighted by Crippen LogP contribution is -2.54. The molecule has 2 aromatic carbocycles. The van der Waals surface area contributed by atoms with Crippen LogP contribution in [0.15, 0.2) is 54.6 Å². The Morgan fingerprint density at radius 2 is 1.68 bits per heavy atom. The molecule has 7 nitrogen and oxygen atoms in total. The fourth-order valence-electron chi connectivity index (χ4n) is 4.01. The molecular formula is C24H28N2O5. The van der Waals surface area contributed by atoms with Gasteiger partial charge in [0.05, 0.1) is 5.92 Å². The van der Waals surface area contributed by atoms with E-state index in [9.17, 15) is 24.6 Å². The van der Waals surface area contributed by atoms with Crippen molar-refractivity contribution >= 4 is 18.0 Å². The van der Waals surface area contributed by atoms with E-state index in [1.807, 2.05) is 54.6 Å². The number of nitrogens with zero attached hydrogens (tertiary/aromatic N) is 2. The first-order chi connectivity index (χ1) is 14.9. The summed E-state index contributed by atoms with van der Waals surface area (Å²) >= 11 is 0. The van der Waals surface area contributed by atoms with Gasteiger partial charge in [0, 0.05) is 26.1 Å². The Labute approximate surface area is 181 Å². The Bertz CT molecular complexity index is 931. The van der Waals surface area contributed by atoms with E-state index >= 15 is 0 Å². The average molecular weight is 424 g/mol. The van der Waals surface area contributed by atoms with E-state index in [0.29, 0.717) is 19.4 Å². The highest BCUT2D eigenvalue weighted by molar-refractivity contribution is 5.84. The Kier molecular flexibility index (Phi) is 7.28. The lowest BCUT2D eigenvalue weighted by molar-refractivity contribution is -0.144. The van der Waals surface area contributed by atoms with Crippen molar-refractivity contribution in [3.05, 3.63) is 71.3 Å². The van der Waals surface area contributed by atoms with Crippen LogP contribution < -0.4 is 0 Å². The zero-order chi connectivity index (χ0) is 22.4. The van der Waals surface area contributed by atoms with Crippen LogP contribution in [-0.4, -0.2) is 57.1 Å². The summed E-state index contributed by atoms with van der Waals surface area (Å²) in [5, 5.41) is 19.4. The van der Waals surface area contributed by atoms with Crippen LogP contribution >= 0.6 is 0 Å². The highest BCUT2D eigenvalue weighted by atomic mass is 16.4. The summed E-state index contributed by atoms with van der Waals surface area (Å²) in [5.74, 6) is -2.75.